The molecule has 0 spiro atoms. The van der Waals surface area contributed by atoms with Gasteiger partial charge >= 0.3 is 0 Å². The molecule has 0 radical (unpaired) electrons. The normalized spacial score (nSPS) is 19.7. The number of aliphatic hydroxyl groups excluding tert-OH is 1. The van der Waals surface area contributed by atoms with Gasteiger partial charge in [-0.2, -0.15) is 0 Å². The lowest BCUT2D eigenvalue weighted by atomic mass is 10.1. The minimum atomic E-state index is -0.0939. The Bertz CT molecular complexity index is 502. The van der Waals surface area contributed by atoms with Crippen LogP contribution in [0.3, 0.4) is 0 Å². The van der Waals surface area contributed by atoms with E-state index in [9.17, 15) is 4.79 Å². The standard InChI is InChI=1S/C13H17N3O3/c14-12(15-19)10-2-1-3-11(6-10)13(18)16-5-4-9(7-16)8-17/h1-3,6,9,17,19H,4-5,7-8H2,(H2,14,15). The van der Waals surface area contributed by atoms with Crippen LogP contribution in [0.2, 0.25) is 0 Å². The number of hydrogen-bond acceptors (Lipinski definition) is 4. The molecule has 6 nitrogen and oxygen atoms in total. The minimum absolute atomic E-state index is 0.0238. The summed E-state index contributed by atoms with van der Waals surface area (Å²) in [7, 11) is 0. The zero-order valence-corrected chi connectivity index (χ0v) is 10.5. The van der Waals surface area contributed by atoms with Crippen molar-refractivity contribution in [3.8, 4) is 0 Å². The molecule has 1 amide bonds. The van der Waals surface area contributed by atoms with Crippen molar-refractivity contribution in [2.24, 2.45) is 16.8 Å². The highest BCUT2D eigenvalue weighted by molar-refractivity contribution is 6.01. The molecule has 1 aromatic rings. The minimum Gasteiger partial charge on any atom is -0.409 e. The predicted octanol–water partition coefficient (Wildman–Crippen LogP) is 0.235. The predicted molar refractivity (Wildman–Crippen MR) is 70.0 cm³/mol. The van der Waals surface area contributed by atoms with Crippen LogP contribution >= 0.6 is 0 Å². The zero-order valence-electron chi connectivity index (χ0n) is 10.5. The van der Waals surface area contributed by atoms with Gasteiger partial charge in [-0.25, -0.2) is 0 Å². The molecule has 1 aromatic carbocycles. The Balaban J connectivity index is 2.16. The molecule has 1 aliphatic rings. The maximum absolute atomic E-state index is 12.3. The van der Waals surface area contributed by atoms with Gasteiger partial charge in [0.15, 0.2) is 5.84 Å². The first-order chi connectivity index (χ1) is 9.15. The Labute approximate surface area is 111 Å². The molecule has 0 saturated carbocycles. The van der Waals surface area contributed by atoms with Gasteiger partial charge < -0.3 is 20.9 Å². The number of nitrogens with two attached hydrogens (primary N) is 1. The lowest BCUT2D eigenvalue weighted by Gasteiger charge is -2.16. The van der Waals surface area contributed by atoms with Crippen LogP contribution in [0.15, 0.2) is 29.4 Å². The molecule has 102 valence electrons. The second-order valence-electron chi connectivity index (χ2n) is 4.65. The van der Waals surface area contributed by atoms with Gasteiger partial charge in [0.2, 0.25) is 0 Å². The van der Waals surface area contributed by atoms with Gasteiger partial charge in [-0.3, -0.25) is 4.79 Å². The first kappa shape index (κ1) is 13.4. The van der Waals surface area contributed by atoms with Crippen LogP contribution in [0.25, 0.3) is 0 Å². The van der Waals surface area contributed by atoms with Gasteiger partial charge in [0.05, 0.1) is 0 Å². The molecule has 0 aliphatic carbocycles. The highest BCUT2D eigenvalue weighted by Crippen LogP contribution is 2.18. The molecule has 19 heavy (non-hydrogen) atoms. The number of likely N-dealkylation sites (tertiary alicyclic amines) is 1. The molecule has 6 heteroatoms. The van der Waals surface area contributed by atoms with E-state index in [0.717, 1.165) is 6.42 Å². The number of carbonyl (C=O) groups is 1. The van der Waals surface area contributed by atoms with Gasteiger partial charge in [0.1, 0.15) is 0 Å². The quantitative estimate of drug-likeness (QED) is 0.315. The van der Waals surface area contributed by atoms with Crippen LogP contribution in [0.5, 0.6) is 0 Å². The van der Waals surface area contributed by atoms with E-state index in [1.165, 1.54) is 0 Å². The second kappa shape index (κ2) is 5.71. The molecule has 0 aromatic heterocycles. The molecule has 2 rings (SSSR count). The summed E-state index contributed by atoms with van der Waals surface area (Å²) in [5.74, 6) is 0.0454. The summed E-state index contributed by atoms with van der Waals surface area (Å²) < 4.78 is 0. The van der Waals surface area contributed by atoms with Crippen LogP contribution in [-0.4, -0.2) is 46.7 Å². The third-order valence-electron chi connectivity index (χ3n) is 3.34. The Morgan fingerprint density at radius 2 is 2.21 bits per heavy atom. The molecule has 1 fully saturated rings. The van der Waals surface area contributed by atoms with Crippen molar-refractivity contribution in [1.29, 1.82) is 0 Å². The van der Waals surface area contributed by atoms with E-state index in [2.05, 4.69) is 5.16 Å². The van der Waals surface area contributed by atoms with Crippen LogP contribution < -0.4 is 5.73 Å². The number of rotatable bonds is 3. The van der Waals surface area contributed by atoms with E-state index in [1.54, 1.807) is 29.2 Å². The number of amidine groups is 1. The molecule has 1 atom stereocenters. The van der Waals surface area contributed by atoms with Gasteiger partial charge in [-0.15, -0.1) is 0 Å². The van der Waals surface area contributed by atoms with Gasteiger partial charge in [0, 0.05) is 36.7 Å². The maximum atomic E-state index is 12.3. The van der Waals surface area contributed by atoms with Gasteiger partial charge in [-0.05, 0) is 18.6 Å². The Kier molecular flexibility index (Phi) is 4.01. The number of oxime groups is 1. The molecule has 4 N–H and O–H groups in total. The first-order valence-corrected chi connectivity index (χ1v) is 6.13. The third kappa shape index (κ3) is 2.85. The van der Waals surface area contributed by atoms with Crippen LogP contribution in [0, 0.1) is 5.92 Å². The van der Waals surface area contributed by atoms with Gasteiger partial charge in [-0.1, -0.05) is 17.3 Å². The molecule has 1 aliphatic heterocycles. The van der Waals surface area contributed by atoms with Gasteiger partial charge in [0.25, 0.3) is 5.91 Å². The van der Waals surface area contributed by atoms with E-state index in [4.69, 9.17) is 16.0 Å². The summed E-state index contributed by atoms with van der Waals surface area (Å²) in [4.78, 5) is 14.0. The largest absolute Gasteiger partial charge is 0.409 e. The Morgan fingerprint density at radius 1 is 1.47 bits per heavy atom. The van der Waals surface area contributed by atoms with E-state index in [0.29, 0.717) is 24.2 Å². The van der Waals surface area contributed by atoms with Crippen LogP contribution in [0.4, 0.5) is 0 Å². The van der Waals surface area contributed by atoms with E-state index in [-0.39, 0.29) is 24.3 Å². The number of amides is 1. The van der Waals surface area contributed by atoms with Crippen LogP contribution in [-0.2, 0) is 0 Å². The number of hydrogen-bond donors (Lipinski definition) is 3. The smallest absolute Gasteiger partial charge is 0.253 e. The maximum Gasteiger partial charge on any atom is 0.253 e. The molecule has 1 saturated heterocycles. The van der Waals surface area contributed by atoms with Crippen molar-refractivity contribution >= 4 is 11.7 Å². The van der Waals surface area contributed by atoms with Crippen LogP contribution in [0.1, 0.15) is 22.3 Å². The molecule has 1 unspecified atom stereocenters. The highest BCUT2D eigenvalue weighted by atomic mass is 16.4. The fourth-order valence-electron chi connectivity index (χ4n) is 2.22. The second-order valence-corrected chi connectivity index (χ2v) is 4.65. The average molecular weight is 263 g/mol. The number of benzene rings is 1. The molecular formula is C13H17N3O3. The zero-order chi connectivity index (χ0) is 13.8. The summed E-state index contributed by atoms with van der Waals surface area (Å²) in [6.45, 7) is 1.33. The summed E-state index contributed by atoms with van der Waals surface area (Å²) >= 11 is 0. The van der Waals surface area contributed by atoms with Crippen molar-refractivity contribution in [2.45, 2.75) is 6.42 Å². The lowest BCUT2D eigenvalue weighted by Crippen LogP contribution is -2.29. The topological polar surface area (TPSA) is 99.2 Å². The van der Waals surface area contributed by atoms with E-state index >= 15 is 0 Å². The van der Waals surface area contributed by atoms with Crippen molar-refractivity contribution in [3.05, 3.63) is 35.4 Å². The van der Waals surface area contributed by atoms with Crippen molar-refractivity contribution in [3.63, 3.8) is 0 Å². The molecular weight excluding hydrogens is 246 g/mol. The fraction of sp³-hybridized carbons (Fsp3) is 0.385. The summed E-state index contributed by atoms with van der Waals surface area (Å²) in [6, 6.07) is 6.67. The Morgan fingerprint density at radius 3 is 2.84 bits per heavy atom. The summed E-state index contributed by atoms with van der Waals surface area (Å²) in [6.07, 6.45) is 0.822. The monoisotopic (exact) mass is 263 g/mol. The van der Waals surface area contributed by atoms with Crippen molar-refractivity contribution in [2.75, 3.05) is 19.7 Å². The SMILES string of the molecule is N/C(=N/O)c1cccc(C(=O)N2CCC(CO)C2)c1. The van der Waals surface area contributed by atoms with Crippen molar-refractivity contribution < 1.29 is 15.1 Å². The van der Waals surface area contributed by atoms with Crippen molar-refractivity contribution in [1.82, 2.24) is 4.90 Å². The Hall–Kier alpha value is -2.08. The lowest BCUT2D eigenvalue weighted by molar-refractivity contribution is 0.0782. The summed E-state index contributed by atoms with van der Waals surface area (Å²) in [5, 5.41) is 20.6. The third-order valence-corrected chi connectivity index (χ3v) is 3.34. The molecule has 1 heterocycles. The average Bonchev–Trinajstić information content (AvgIpc) is 2.94. The fourth-order valence-corrected chi connectivity index (χ4v) is 2.22. The van der Waals surface area contributed by atoms with E-state index < -0.39 is 0 Å². The number of carbonyl (C=O) groups excluding carboxylic acids is 1. The molecule has 0 bridgehead atoms. The summed E-state index contributed by atoms with van der Waals surface area (Å²) in [5.41, 5.74) is 6.51. The van der Waals surface area contributed by atoms with E-state index in [1.807, 2.05) is 0 Å². The highest BCUT2D eigenvalue weighted by Gasteiger charge is 2.26. The number of aliphatic hydroxyl groups is 1. The first-order valence-electron chi connectivity index (χ1n) is 6.13. The number of nitrogens with zero attached hydrogens (tertiary/aromatic N) is 2.